The van der Waals surface area contributed by atoms with Crippen molar-refractivity contribution in [3.05, 3.63) is 23.3 Å². The maximum absolute atomic E-state index is 11.6. The third kappa shape index (κ3) is 3.76. The van der Waals surface area contributed by atoms with Crippen LogP contribution in [0.25, 0.3) is 0 Å². The number of rotatable bonds is 8. The monoisotopic (exact) mass is 432 g/mol. The van der Waals surface area contributed by atoms with Crippen LogP contribution in [0.15, 0.2) is 23.3 Å². The highest BCUT2D eigenvalue weighted by atomic mass is 16.7. The summed E-state index contributed by atoms with van der Waals surface area (Å²) in [5.74, 6) is 1.69. The van der Waals surface area contributed by atoms with Crippen molar-refractivity contribution < 1.29 is 23.7 Å². The van der Waals surface area contributed by atoms with Gasteiger partial charge in [0.15, 0.2) is 0 Å². The van der Waals surface area contributed by atoms with Crippen LogP contribution >= 0.6 is 0 Å². The quantitative estimate of drug-likeness (QED) is 0.403. The highest BCUT2D eigenvalue weighted by Crippen LogP contribution is 2.66. The Morgan fingerprint density at radius 1 is 1.06 bits per heavy atom. The first kappa shape index (κ1) is 23.2. The predicted molar refractivity (Wildman–Crippen MR) is 119 cm³/mol. The minimum atomic E-state index is -0.0365. The number of carbonyl (C=O) groups excluding carboxylic acids is 1. The first-order valence-electron chi connectivity index (χ1n) is 12.0. The van der Waals surface area contributed by atoms with Crippen LogP contribution in [0.1, 0.15) is 59.3 Å². The van der Waals surface area contributed by atoms with Crippen LogP contribution in [0.5, 0.6) is 0 Å². The van der Waals surface area contributed by atoms with Gasteiger partial charge in [-0.05, 0) is 55.3 Å². The molecule has 3 saturated carbocycles. The van der Waals surface area contributed by atoms with Crippen molar-refractivity contribution in [2.45, 2.75) is 71.5 Å². The molecular formula is C26H40O5. The zero-order valence-corrected chi connectivity index (χ0v) is 19.9. The number of methoxy groups -OCH3 is 2. The molecule has 5 heteroatoms. The molecule has 31 heavy (non-hydrogen) atoms. The molecule has 3 fully saturated rings. The van der Waals surface area contributed by atoms with Gasteiger partial charge in [0.05, 0.1) is 12.2 Å². The fourth-order valence-electron chi connectivity index (χ4n) is 7.69. The maximum atomic E-state index is 11.6. The van der Waals surface area contributed by atoms with Gasteiger partial charge in [0.1, 0.15) is 19.9 Å². The van der Waals surface area contributed by atoms with E-state index in [4.69, 9.17) is 18.9 Å². The van der Waals surface area contributed by atoms with Gasteiger partial charge in [-0.2, -0.15) is 0 Å². The molecule has 0 aromatic rings. The predicted octanol–water partition coefficient (Wildman–Crippen LogP) is 4.91. The number of carbonyl (C=O) groups is 1. The van der Waals surface area contributed by atoms with Crippen LogP contribution in [0, 0.1) is 34.5 Å². The number of ether oxygens (including phenoxy) is 4. The van der Waals surface area contributed by atoms with E-state index < -0.39 is 0 Å². The molecule has 4 aliphatic rings. The van der Waals surface area contributed by atoms with Crippen LogP contribution in [-0.4, -0.2) is 46.3 Å². The molecule has 4 aliphatic carbocycles. The van der Waals surface area contributed by atoms with Crippen molar-refractivity contribution in [2.24, 2.45) is 34.5 Å². The third-order valence-electron chi connectivity index (χ3n) is 9.33. The first-order chi connectivity index (χ1) is 14.9. The van der Waals surface area contributed by atoms with Gasteiger partial charge >= 0.3 is 0 Å². The Balaban J connectivity index is 1.66. The lowest BCUT2D eigenvalue weighted by Gasteiger charge is -2.57. The molecule has 0 spiro atoms. The molecule has 0 amide bonds. The maximum Gasteiger partial charge on any atom is 0.146 e. The van der Waals surface area contributed by atoms with Crippen LogP contribution < -0.4 is 0 Å². The molecule has 4 rings (SSSR count). The largest absolute Gasteiger partial charge is 0.359 e. The second-order valence-electron chi connectivity index (χ2n) is 10.7. The first-order valence-corrected chi connectivity index (χ1v) is 12.0. The smallest absolute Gasteiger partial charge is 0.146 e. The summed E-state index contributed by atoms with van der Waals surface area (Å²) >= 11 is 0. The van der Waals surface area contributed by atoms with Crippen molar-refractivity contribution >= 4 is 6.29 Å². The second-order valence-corrected chi connectivity index (χ2v) is 10.7. The van der Waals surface area contributed by atoms with Gasteiger partial charge in [0.25, 0.3) is 0 Å². The van der Waals surface area contributed by atoms with Gasteiger partial charge in [-0.25, -0.2) is 0 Å². The summed E-state index contributed by atoms with van der Waals surface area (Å²) in [6.07, 6.45) is 12.6. The Labute approximate surface area is 187 Å². The van der Waals surface area contributed by atoms with E-state index in [9.17, 15) is 4.79 Å². The molecule has 5 nitrogen and oxygen atoms in total. The van der Waals surface area contributed by atoms with Gasteiger partial charge in [0, 0.05) is 32.0 Å². The average Bonchev–Trinajstić information content (AvgIpc) is 3.13. The van der Waals surface area contributed by atoms with Crippen LogP contribution in [0.4, 0.5) is 0 Å². The number of allylic oxidation sites excluding steroid dienone is 3. The summed E-state index contributed by atoms with van der Waals surface area (Å²) in [5, 5.41) is 0. The van der Waals surface area contributed by atoms with Gasteiger partial charge in [-0.15, -0.1) is 0 Å². The van der Waals surface area contributed by atoms with E-state index in [1.165, 1.54) is 24.7 Å². The fourth-order valence-corrected chi connectivity index (χ4v) is 7.69. The number of hydrogen-bond acceptors (Lipinski definition) is 5. The molecule has 0 aromatic carbocycles. The van der Waals surface area contributed by atoms with E-state index in [0.29, 0.717) is 31.3 Å². The lowest BCUT2D eigenvalue weighted by Crippen LogP contribution is -2.53. The fraction of sp³-hybridized carbons (Fsp3) is 0.808. The van der Waals surface area contributed by atoms with Gasteiger partial charge in [-0.1, -0.05) is 44.1 Å². The molecule has 0 saturated heterocycles. The molecule has 8 atom stereocenters. The Morgan fingerprint density at radius 3 is 2.52 bits per heavy atom. The summed E-state index contributed by atoms with van der Waals surface area (Å²) < 4.78 is 22.8. The van der Waals surface area contributed by atoms with E-state index in [2.05, 4.69) is 32.9 Å². The van der Waals surface area contributed by atoms with Gasteiger partial charge < -0.3 is 23.7 Å². The van der Waals surface area contributed by atoms with Crippen LogP contribution in [-0.2, 0) is 23.7 Å². The molecule has 0 aliphatic heterocycles. The van der Waals surface area contributed by atoms with Crippen molar-refractivity contribution in [2.75, 3.05) is 27.8 Å². The summed E-state index contributed by atoms with van der Waals surface area (Å²) in [4.78, 5) is 11.6. The minimum absolute atomic E-state index is 0.0365. The van der Waals surface area contributed by atoms with E-state index in [-0.39, 0.29) is 29.0 Å². The van der Waals surface area contributed by atoms with Gasteiger partial charge in [-0.3, -0.25) is 0 Å². The average molecular weight is 433 g/mol. The lowest BCUT2D eigenvalue weighted by molar-refractivity contribution is -0.163. The Morgan fingerprint density at radius 2 is 1.81 bits per heavy atom. The highest BCUT2D eigenvalue weighted by molar-refractivity contribution is 5.54. The zero-order valence-electron chi connectivity index (χ0n) is 19.9. The Hall–Kier alpha value is -1.01. The molecule has 0 radical (unpaired) electrons. The number of fused-ring (bicyclic) bond motifs is 5. The minimum Gasteiger partial charge on any atom is -0.359 e. The van der Waals surface area contributed by atoms with Crippen molar-refractivity contribution in [1.82, 2.24) is 0 Å². The van der Waals surface area contributed by atoms with Crippen molar-refractivity contribution in [3.63, 3.8) is 0 Å². The van der Waals surface area contributed by atoms with Crippen molar-refractivity contribution in [3.8, 4) is 0 Å². The topological polar surface area (TPSA) is 54.0 Å². The summed E-state index contributed by atoms with van der Waals surface area (Å²) in [7, 11) is 3.35. The SMILES string of the molecule is COCO[C@@H]1CC2=CC=C3[C@@H]4CC[C@H](C(C)C=O)[C@@]4(C)CC[C@@H]3[C@@]2(C)[C@@H](OCOC)C1. The molecular weight excluding hydrogens is 392 g/mol. The Bertz CT molecular complexity index is 729. The van der Waals surface area contributed by atoms with Crippen LogP contribution in [0.2, 0.25) is 0 Å². The summed E-state index contributed by atoms with van der Waals surface area (Å²) in [5.41, 5.74) is 3.23. The molecule has 0 aromatic heterocycles. The molecule has 0 N–H and O–H groups in total. The standard InChI is InChI=1S/C26H40O5/c1-17(14-27)21-8-9-22-20-7-6-18-12-19(30-15-28-4)13-24(31-16-29-5)26(18,3)23(20)10-11-25(21,22)2/h6-7,14,17,19,21-24H,8-13,15-16H2,1-5H3/t17?,19-,21-,22+,23+,24+,25-,26+/m1/s1. The molecule has 174 valence electrons. The Kier molecular flexibility index (Phi) is 6.79. The second kappa shape index (κ2) is 9.09. The van der Waals surface area contributed by atoms with E-state index >= 15 is 0 Å². The summed E-state index contributed by atoms with van der Waals surface area (Å²) in [6, 6.07) is 0. The van der Waals surface area contributed by atoms with E-state index in [1.807, 2.05) is 0 Å². The third-order valence-corrected chi connectivity index (χ3v) is 9.33. The van der Waals surface area contributed by atoms with Crippen molar-refractivity contribution in [1.29, 1.82) is 0 Å². The van der Waals surface area contributed by atoms with E-state index in [0.717, 1.165) is 25.7 Å². The zero-order chi connectivity index (χ0) is 22.2. The number of hydrogen-bond donors (Lipinski definition) is 0. The number of aldehydes is 1. The van der Waals surface area contributed by atoms with E-state index in [1.54, 1.807) is 19.8 Å². The molecule has 0 bridgehead atoms. The summed E-state index contributed by atoms with van der Waals surface area (Å²) in [6.45, 7) is 7.58. The molecule has 0 heterocycles. The van der Waals surface area contributed by atoms with Crippen LogP contribution in [0.3, 0.4) is 0 Å². The van der Waals surface area contributed by atoms with Gasteiger partial charge in [0.2, 0.25) is 0 Å². The lowest BCUT2D eigenvalue weighted by atomic mass is 9.49. The molecule has 1 unspecified atom stereocenters. The normalized spacial score (nSPS) is 42.7. The highest BCUT2D eigenvalue weighted by Gasteiger charge is 2.59.